The highest BCUT2D eigenvalue weighted by Gasteiger charge is 2.13. The Bertz CT molecular complexity index is 1040. The Morgan fingerprint density at radius 1 is 0.857 bits per heavy atom. The zero-order chi connectivity index (χ0) is 20.0. The molecule has 0 bridgehead atoms. The molecule has 0 atom stereocenters. The van der Waals surface area contributed by atoms with Gasteiger partial charge < -0.3 is 5.32 Å². The second-order valence-electron chi connectivity index (χ2n) is 6.01. The van der Waals surface area contributed by atoms with Crippen molar-refractivity contribution in [3.05, 3.63) is 95.6 Å². The fourth-order valence-corrected chi connectivity index (χ4v) is 3.45. The Kier molecular flexibility index (Phi) is 6.13. The van der Waals surface area contributed by atoms with Crippen molar-refractivity contribution >= 4 is 15.9 Å². The van der Waals surface area contributed by atoms with Gasteiger partial charge >= 0.3 is 0 Å². The third kappa shape index (κ3) is 5.21. The number of rotatable bonds is 7. The average molecular weight is 399 g/mol. The van der Waals surface area contributed by atoms with E-state index in [4.69, 9.17) is 0 Å². The van der Waals surface area contributed by atoms with Gasteiger partial charge in [-0.3, -0.25) is 9.78 Å². The molecule has 0 spiro atoms. The van der Waals surface area contributed by atoms with Gasteiger partial charge in [0, 0.05) is 31.0 Å². The minimum absolute atomic E-state index is 0.0130. The molecule has 3 aromatic rings. The van der Waals surface area contributed by atoms with Crippen molar-refractivity contribution in [1.29, 1.82) is 0 Å². The molecule has 0 aliphatic carbocycles. The Balaban J connectivity index is 1.56. The number of pyridine rings is 1. The maximum Gasteiger partial charge on any atom is 0.251 e. The van der Waals surface area contributed by atoms with Gasteiger partial charge in [-0.25, -0.2) is 17.5 Å². The molecule has 0 unspecified atom stereocenters. The second kappa shape index (κ2) is 8.73. The van der Waals surface area contributed by atoms with Gasteiger partial charge in [0.1, 0.15) is 5.82 Å². The molecule has 0 aliphatic heterocycles. The van der Waals surface area contributed by atoms with Gasteiger partial charge in [0.25, 0.3) is 5.91 Å². The highest BCUT2D eigenvalue weighted by atomic mass is 32.2. The van der Waals surface area contributed by atoms with E-state index in [1.165, 1.54) is 12.1 Å². The smallest absolute Gasteiger partial charge is 0.251 e. The predicted octanol–water partition coefficient (Wildman–Crippen LogP) is 2.63. The number of sulfonamides is 1. The molecule has 2 aromatic carbocycles. The van der Waals surface area contributed by atoms with Gasteiger partial charge in [-0.1, -0.05) is 12.1 Å². The summed E-state index contributed by atoms with van der Waals surface area (Å²) in [5.74, 6) is -0.730. The molecule has 8 heteroatoms. The fourth-order valence-electron chi connectivity index (χ4n) is 2.43. The SMILES string of the molecule is O=C(NCc1ccncc1)c1ccc(CNS(=O)(=O)c2ccc(F)cc2)cc1. The number of benzene rings is 2. The number of aromatic nitrogens is 1. The fraction of sp³-hybridized carbons (Fsp3) is 0.100. The third-order valence-electron chi connectivity index (χ3n) is 4.01. The summed E-state index contributed by atoms with van der Waals surface area (Å²) in [6.45, 7) is 0.444. The first-order valence-corrected chi connectivity index (χ1v) is 9.94. The van der Waals surface area contributed by atoms with E-state index in [1.54, 1.807) is 36.7 Å². The number of hydrogen-bond acceptors (Lipinski definition) is 4. The van der Waals surface area contributed by atoms with Crippen LogP contribution in [0, 0.1) is 5.82 Å². The maximum atomic E-state index is 12.9. The van der Waals surface area contributed by atoms with E-state index in [0.29, 0.717) is 17.7 Å². The molecule has 3 rings (SSSR count). The lowest BCUT2D eigenvalue weighted by Crippen LogP contribution is -2.24. The van der Waals surface area contributed by atoms with E-state index >= 15 is 0 Å². The highest BCUT2D eigenvalue weighted by Crippen LogP contribution is 2.11. The number of carbonyl (C=O) groups is 1. The Labute approximate surface area is 162 Å². The molecular formula is C20H18FN3O3S. The topological polar surface area (TPSA) is 88.2 Å². The highest BCUT2D eigenvalue weighted by molar-refractivity contribution is 7.89. The molecule has 2 N–H and O–H groups in total. The standard InChI is InChI=1S/C20H18FN3O3S/c21-18-5-7-19(8-6-18)28(26,27)24-14-15-1-3-17(4-2-15)20(25)23-13-16-9-11-22-12-10-16/h1-12,24H,13-14H2,(H,23,25). The lowest BCUT2D eigenvalue weighted by Gasteiger charge is -2.08. The lowest BCUT2D eigenvalue weighted by molar-refractivity contribution is 0.0951. The molecule has 1 aromatic heterocycles. The number of halogens is 1. The van der Waals surface area contributed by atoms with Crippen molar-refractivity contribution in [3.63, 3.8) is 0 Å². The van der Waals surface area contributed by atoms with Crippen LogP contribution in [0.1, 0.15) is 21.5 Å². The van der Waals surface area contributed by atoms with Crippen LogP contribution in [-0.4, -0.2) is 19.3 Å². The summed E-state index contributed by atoms with van der Waals surface area (Å²) in [5, 5.41) is 2.81. The molecule has 144 valence electrons. The monoisotopic (exact) mass is 399 g/mol. The summed E-state index contributed by atoms with van der Waals surface area (Å²) < 4.78 is 39.8. The molecule has 6 nitrogen and oxygen atoms in total. The van der Waals surface area contributed by atoms with Crippen LogP contribution in [0.2, 0.25) is 0 Å². The van der Waals surface area contributed by atoms with Crippen LogP contribution < -0.4 is 10.0 Å². The Morgan fingerprint density at radius 2 is 1.46 bits per heavy atom. The number of carbonyl (C=O) groups excluding carboxylic acids is 1. The molecule has 0 fully saturated rings. The van der Waals surface area contributed by atoms with Gasteiger partial charge in [0.2, 0.25) is 10.0 Å². The molecule has 0 saturated carbocycles. The minimum atomic E-state index is -3.74. The summed E-state index contributed by atoms with van der Waals surface area (Å²) in [4.78, 5) is 16.1. The summed E-state index contributed by atoms with van der Waals surface area (Å²) in [6, 6.07) is 14.8. The van der Waals surface area contributed by atoms with Crippen molar-refractivity contribution in [1.82, 2.24) is 15.0 Å². The van der Waals surface area contributed by atoms with Crippen molar-refractivity contribution in [2.75, 3.05) is 0 Å². The van der Waals surface area contributed by atoms with E-state index in [-0.39, 0.29) is 17.3 Å². The predicted molar refractivity (Wildman–Crippen MR) is 102 cm³/mol. The molecular weight excluding hydrogens is 381 g/mol. The van der Waals surface area contributed by atoms with E-state index in [1.807, 2.05) is 12.1 Å². The first-order valence-electron chi connectivity index (χ1n) is 8.45. The number of nitrogens with one attached hydrogen (secondary N) is 2. The van der Waals surface area contributed by atoms with Crippen molar-refractivity contribution < 1.29 is 17.6 Å². The van der Waals surface area contributed by atoms with Gasteiger partial charge in [-0.15, -0.1) is 0 Å². The minimum Gasteiger partial charge on any atom is -0.348 e. The van der Waals surface area contributed by atoms with Crippen molar-refractivity contribution in [2.45, 2.75) is 18.0 Å². The number of hydrogen-bond donors (Lipinski definition) is 2. The van der Waals surface area contributed by atoms with Crippen LogP contribution >= 0.6 is 0 Å². The Hall–Kier alpha value is -3.10. The second-order valence-corrected chi connectivity index (χ2v) is 7.78. The van der Waals surface area contributed by atoms with Gasteiger partial charge in [0.15, 0.2) is 0 Å². The first-order chi connectivity index (χ1) is 13.4. The van der Waals surface area contributed by atoms with Crippen LogP contribution in [0.4, 0.5) is 4.39 Å². The summed E-state index contributed by atoms with van der Waals surface area (Å²) in [7, 11) is -3.74. The summed E-state index contributed by atoms with van der Waals surface area (Å²) >= 11 is 0. The zero-order valence-electron chi connectivity index (χ0n) is 14.8. The zero-order valence-corrected chi connectivity index (χ0v) is 15.6. The first kappa shape index (κ1) is 19.7. The summed E-state index contributed by atoms with van der Waals surface area (Å²) in [6.07, 6.45) is 3.31. The molecule has 0 saturated heterocycles. The van der Waals surface area contributed by atoms with Gasteiger partial charge in [-0.05, 0) is 59.7 Å². The summed E-state index contributed by atoms with van der Waals surface area (Å²) in [5.41, 5.74) is 2.10. The Morgan fingerprint density at radius 3 is 2.11 bits per heavy atom. The van der Waals surface area contributed by atoms with E-state index in [0.717, 1.165) is 17.7 Å². The molecule has 1 amide bonds. The number of amides is 1. The lowest BCUT2D eigenvalue weighted by atomic mass is 10.1. The third-order valence-corrected chi connectivity index (χ3v) is 5.43. The average Bonchev–Trinajstić information content (AvgIpc) is 2.72. The van der Waals surface area contributed by atoms with Gasteiger partial charge in [0.05, 0.1) is 4.90 Å². The largest absolute Gasteiger partial charge is 0.348 e. The van der Waals surface area contributed by atoms with Crippen LogP contribution in [0.5, 0.6) is 0 Å². The van der Waals surface area contributed by atoms with E-state index in [2.05, 4.69) is 15.0 Å². The molecule has 1 heterocycles. The molecule has 28 heavy (non-hydrogen) atoms. The normalized spacial score (nSPS) is 11.2. The maximum absolute atomic E-state index is 12.9. The van der Waals surface area contributed by atoms with Crippen LogP contribution in [0.25, 0.3) is 0 Å². The van der Waals surface area contributed by atoms with Crippen LogP contribution in [0.3, 0.4) is 0 Å². The van der Waals surface area contributed by atoms with Crippen LogP contribution in [0.15, 0.2) is 78.0 Å². The van der Waals surface area contributed by atoms with E-state index < -0.39 is 15.8 Å². The van der Waals surface area contributed by atoms with Gasteiger partial charge in [-0.2, -0.15) is 0 Å². The van der Waals surface area contributed by atoms with Crippen molar-refractivity contribution in [2.24, 2.45) is 0 Å². The van der Waals surface area contributed by atoms with E-state index in [9.17, 15) is 17.6 Å². The molecule has 0 radical (unpaired) electrons. The molecule has 0 aliphatic rings. The van der Waals surface area contributed by atoms with Crippen LogP contribution in [-0.2, 0) is 23.1 Å². The quantitative estimate of drug-likeness (QED) is 0.639. The van der Waals surface area contributed by atoms with Crippen molar-refractivity contribution in [3.8, 4) is 0 Å². The number of nitrogens with zero attached hydrogens (tertiary/aromatic N) is 1.